The Hall–Kier alpha value is -2.35. The zero-order valence-electron chi connectivity index (χ0n) is 13.9. The summed E-state index contributed by atoms with van der Waals surface area (Å²) in [6.45, 7) is 8.74. The summed E-state index contributed by atoms with van der Waals surface area (Å²) < 4.78 is 2.07. The predicted molar refractivity (Wildman–Crippen MR) is 93.0 cm³/mol. The first-order chi connectivity index (χ1) is 10.5. The van der Waals surface area contributed by atoms with Crippen LogP contribution in [-0.4, -0.2) is 9.55 Å². The second-order valence-corrected chi connectivity index (χ2v) is 6.11. The maximum atomic E-state index is 4.50. The van der Waals surface area contributed by atoms with E-state index in [1.807, 2.05) is 19.4 Å². The van der Waals surface area contributed by atoms with Crippen LogP contribution < -0.4 is 0 Å². The van der Waals surface area contributed by atoms with E-state index in [4.69, 9.17) is 0 Å². The molecular formula is C20H22N2. The molecule has 0 atom stereocenters. The Balaban J connectivity index is 2.25. The number of aryl methyl sites for hydroxylation is 4. The van der Waals surface area contributed by atoms with Gasteiger partial charge in [-0.05, 0) is 55.5 Å². The van der Waals surface area contributed by atoms with Crippen LogP contribution in [-0.2, 0) is 7.05 Å². The molecule has 0 N–H and O–H groups in total. The zero-order valence-corrected chi connectivity index (χ0v) is 13.9. The third kappa shape index (κ3) is 2.35. The highest BCUT2D eigenvalue weighted by Crippen LogP contribution is 2.35. The number of aromatic nitrogens is 2. The summed E-state index contributed by atoms with van der Waals surface area (Å²) in [6.07, 6.45) is 3.84. The van der Waals surface area contributed by atoms with Crippen molar-refractivity contribution < 1.29 is 0 Å². The van der Waals surface area contributed by atoms with Gasteiger partial charge >= 0.3 is 0 Å². The number of nitrogens with zero attached hydrogens (tertiary/aromatic N) is 2. The molecule has 2 nitrogen and oxygen atoms in total. The minimum absolute atomic E-state index is 1.02. The molecule has 1 heterocycles. The average molecular weight is 290 g/mol. The van der Waals surface area contributed by atoms with Crippen molar-refractivity contribution >= 4 is 0 Å². The highest BCUT2D eigenvalue weighted by Gasteiger charge is 2.14. The molecule has 0 saturated carbocycles. The molecule has 2 heteroatoms. The van der Waals surface area contributed by atoms with Gasteiger partial charge in [0.1, 0.15) is 5.82 Å². The van der Waals surface area contributed by atoms with E-state index in [9.17, 15) is 0 Å². The first kappa shape index (κ1) is 14.6. The summed E-state index contributed by atoms with van der Waals surface area (Å²) in [4.78, 5) is 4.50. The smallest absolute Gasteiger partial charge is 0.139 e. The maximum Gasteiger partial charge on any atom is 0.139 e. The standard InChI is InChI=1S/C20H22N2/c1-13-11-14(2)19(15(3)12-13)17-7-6-8-18(16(17)4)20-21-9-10-22(20)5/h6-12H,1-5H3. The van der Waals surface area contributed by atoms with Crippen LogP contribution in [0.1, 0.15) is 22.3 Å². The van der Waals surface area contributed by atoms with Gasteiger partial charge in [-0.2, -0.15) is 0 Å². The predicted octanol–water partition coefficient (Wildman–Crippen LogP) is 4.99. The van der Waals surface area contributed by atoms with Crippen molar-refractivity contribution in [1.29, 1.82) is 0 Å². The summed E-state index contributed by atoms with van der Waals surface area (Å²) in [7, 11) is 2.04. The van der Waals surface area contributed by atoms with Crippen LogP contribution in [0.25, 0.3) is 22.5 Å². The van der Waals surface area contributed by atoms with E-state index in [2.05, 4.69) is 67.6 Å². The number of rotatable bonds is 2. The van der Waals surface area contributed by atoms with Crippen LogP contribution in [0.5, 0.6) is 0 Å². The van der Waals surface area contributed by atoms with Crippen LogP contribution in [0, 0.1) is 27.7 Å². The molecule has 0 amide bonds. The van der Waals surface area contributed by atoms with Crippen molar-refractivity contribution in [3.8, 4) is 22.5 Å². The molecule has 0 aliphatic carbocycles. The van der Waals surface area contributed by atoms with Crippen molar-refractivity contribution in [3.63, 3.8) is 0 Å². The molecule has 112 valence electrons. The Kier molecular flexibility index (Phi) is 3.61. The molecule has 1 aromatic heterocycles. The lowest BCUT2D eigenvalue weighted by molar-refractivity contribution is 0.923. The molecule has 0 aliphatic heterocycles. The van der Waals surface area contributed by atoms with Crippen molar-refractivity contribution in [2.75, 3.05) is 0 Å². The van der Waals surface area contributed by atoms with Gasteiger partial charge in [0.2, 0.25) is 0 Å². The van der Waals surface area contributed by atoms with E-state index in [0.29, 0.717) is 0 Å². The first-order valence-electron chi connectivity index (χ1n) is 7.64. The van der Waals surface area contributed by atoms with Gasteiger partial charge in [-0.15, -0.1) is 0 Å². The van der Waals surface area contributed by atoms with Crippen molar-refractivity contribution in [2.24, 2.45) is 7.05 Å². The molecule has 0 aliphatic rings. The molecule has 2 aromatic carbocycles. The van der Waals surface area contributed by atoms with Crippen LogP contribution in [0.2, 0.25) is 0 Å². The van der Waals surface area contributed by atoms with Gasteiger partial charge in [-0.1, -0.05) is 35.9 Å². The van der Waals surface area contributed by atoms with E-state index < -0.39 is 0 Å². The Morgan fingerprint density at radius 1 is 0.909 bits per heavy atom. The normalized spacial score (nSPS) is 11.0. The lowest BCUT2D eigenvalue weighted by atomic mass is 9.89. The van der Waals surface area contributed by atoms with Gasteiger partial charge in [0, 0.05) is 25.0 Å². The number of benzene rings is 2. The molecule has 0 bridgehead atoms. The van der Waals surface area contributed by atoms with E-state index in [1.54, 1.807) is 0 Å². The van der Waals surface area contributed by atoms with Crippen LogP contribution >= 0.6 is 0 Å². The van der Waals surface area contributed by atoms with Crippen molar-refractivity contribution in [1.82, 2.24) is 9.55 Å². The Morgan fingerprint density at radius 2 is 1.55 bits per heavy atom. The fourth-order valence-electron chi connectivity index (χ4n) is 3.38. The summed E-state index contributed by atoms with van der Waals surface area (Å²) >= 11 is 0. The second kappa shape index (κ2) is 5.45. The topological polar surface area (TPSA) is 17.8 Å². The van der Waals surface area contributed by atoms with Gasteiger partial charge in [0.15, 0.2) is 0 Å². The highest BCUT2D eigenvalue weighted by atomic mass is 15.0. The Labute approximate surface area is 132 Å². The fraction of sp³-hybridized carbons (Fsp3) is 0.250. The maximum absolute atomic E-state index is 4.50. The average Bonchev–Trinajstić information content (AvgIpc) is 2.86. The van der Waals surface area contributed by atoms with Gasteiger partial charge in [0.25, 0.3) is 0 Å². The lowest BCUT2D eigenvalue weighted by Crippen LogP contribution is -1.97. The highest BCUT2D eigenvalue weighted by molar-refractivity contribution is 5.79. The molecule has 0 saturated heterocycles. The number of imidazole rings is 1. The van der Waals surface area contributed by atoms with E-state index >= 15 is 0 Å². The largest absolute Gasteiger partial charge is 0.334 e. The fourth-order valence-corrected chi connectivity index (χ4v) is 3.38. The van der Waals surface area contributed by atoms with Crippen LogP contribution in [0.3, 0.4) is 0 Å². The van der Waals surface area contributed by atoms with E-state index in [1.165, 1.54) is 38.9 Å². The number of hydrogen-bond acceptors (Lipinski definition) is 1. The lowest BCUT2D eigenvalue weighted by Gasteiger charge is -2.16. The monoisotopic (exact) mass is 290 g/mol. The minimum Gasteiger partial charge on any atom is -0.334 e. The summed E-state index contributed by atoms with van der Waals surface area (Å²) in [5.74, 6) is 1.02. The second-order valence-electron chi connectivity index (χ2n) is 6.11. The van der Waals surface area contributed by atoms with Crippen molar-refractivity contribution in [3.05, 3.63) is 65.0 Å². The SMILES string of the molecule is Cc1cc(C)c(-c2cccc(-c3nccn3C)c2C)c(C)c1. The Morgan fingerprint density at radius 3 is 2.14 bits per heavy atom. The molecular weight excluding hydrogens is 268 g/mol. The molecule has 0 unspecified atom stereocenters. The van der Waals surface area contributed by atoms with Gasteiger partial charge in [-0.25, -0.2) is 4.98 Å². The van der Waals surface area contributed by atoms with Gasteiger partial charge < -0.3 is 4.57 Å². The van der Waals surface area contributed by atoms with E-state index in [0.717, 1.165) is 5.82 Å². The molecule has 0 spiro atoms. The molecule has 22 heavy (non-hydrogen) atoms. The summed E-state index contributed by atoms with van der Waals surface area (Å²) in [5.41, 5.74) is 9.11. The third-order valence-corrected chi connectivity index (χ3v) is 4.34. The van der Waals surface area contributed by atoms with E-state index in [-0.39, 0.29) is 0 Å². The molecule has 3 rings (SSSR count). The summed E-state index contributed by atoms with van der Waals surface area (Å²) in [5, 5.41) is 0. The minimum atomic E-state index is 1.02. The Bertz CT molecular complexity index is 818. The number of hydrogen-bond donors (Lipinski definition) is 0. The molecule has 0 radical (unpaired) electrons. The zero-order chi connectivity index (χ0) is 15.9. The summed E-state index contributed by atoms with van der Waals surface area (Å²) in [6, 6.07) is 11.0. The van der Waals surface area contributed by atoms with Crippen LogP contribution in [0.4, 0.5) is 0 Å². The quantitative estimate of drug-likeness (QED) is 0.650. The molecule has 0 fully saturated rings. The molecule has 3 aromatic rings. The van der Waals surface area contributed by atoms with Gasteiger partial charge in [-0.3, -0.25) is 0 Å². The first-order valence-corrected chi connectivity index (χ1v) is 7.64. The third-order valence-electron chi connectivity index (χ3n) is 4.34. The van der Waals surface area contributed by atoms with Gasteiger partial charge in [0.05, 0.1) is 0 Å². The van der Waals surface area contributed by atoms with Crippen molar-refractivity contribution in [2.45, 2.75) is 27.7 Å². The van der Waals surface area contributed by atoms with Crippen LogP contribution in [0.15, 0.2) is 42.7 Å².